The van der Waals surface area contributed by atoms with Gasteiger partial charge in [0.2, 0.25) is 5.91 Å². The number of carbonyl (C=O) groups excluding carboxylic acids is 2. The Morgan fingerprint density at radius 1 is 1.44 bits per heavy atom. The molecule has 27 heavy (non-hydrogen) atoms. The number of benzene rings is 1. The Balaban J connectivity index is 1.50. The molecule has 2 heterocycles. The van der Waals surface area contributed by atoms with Gasteiger partial charge in [-0.2, -0.15) is 0 Å². The molecule has 2 atom stereocenters. The number of cyclic esters (lactones) is 1. The van der Waals surface area contributed by atoms with Gasteiger partial charge in [-0.3, -0.25) is 9.69 Å². The second-order valence-electron chi connectivity index (χ2n) is 6.50. The zero-order valence-electron chi connectivity index (χ0n) is 15.2. The highest BCUT2D eigenvalue weighted by Crippen LogP contribution is 2.27. The molecule has 2 aliphatic rings. The van der Waals surface area contributed by atoms with E-state index in [4.69, 9.17) is 14.2 Å². The third kappa shape index (κ3) is 5.30. The molecule has 148 valence electrons. The van der Waals surface area contributed by atoms with Crippen LogP contribution in [0, 0.1) is 5.82 Å². The summed E-state index contributed by atoms with van der Waals surface area (Å²) in [6, 6.07) is 4.32. The maximum Gasteiger partial charge on any atom is 0.414 e. The molecule has 2 fully saturated rings. The van der Waals surface area contributed by atoms with Gasteiger partial charge in [0.15, 0.2) is 11.6 Å². The van der Waals surface area contributed by atoms with Gasteiger partial charge < -0.3 is 24.8 Å². The van der Waals surface area contributed by atoms with Crippen LogP contribution in [0.15, 0.2) is 18.2 Å². The van der Waals surface area contributed by atoms with Gasteiger partial charge in [-0.25, -0.2) is 9.18 Å². The monoisotopic (exact) mass is 381 g/mol. The third-order valence-corrected chi connectivity index (χ3v) is 4.39. The van der Waals surface area contributed by atoms with Gasteiger partial charge in [0.1, 0.15) is 12.7 Å². The second-order valence-corrected chi connectivity index (χ2v) is 6.50. The fourth-order valence-electron chi connectivity index (χ4n) is 3.01. The van der Waals surface area contributed by atoms with Gasteiger partial charge in [0.05, 0.1) is 31.5 Å². The zero-order valence-corrected chi connectivity index (χ0v) is 15.2. The number of anilines is 1. The van der Waals surface area contributed by atoms with Crippen molar-refractivity contribution in [3.8, 4) is 5.75 Å². The lowest BCUT2D eigenvalue weighted by molar-refractivity contribution is -0.119. The predicted molar refractivity (Wildman–Crippen MR) is 95.4 cm³/mol. The van der Waals surface area contributed by atoms with E-state index in [0.29, 0.717) is 12.3 Å². The van der Waals surface area contributed by atoms with E-state index in [1.54, 1.807) is 6.07 Å². The Morgan fingerprint density at radius 2 is 2.30 bits per heavy atom. The molecule has 1 aromatic carbocycles. The summed E-state index contributed by atoms with van der Waals surface area (Å²) in [6.07, 6.45) is 0.116. The molecule has 0 aromatic heterocycles. The molecule has 3 rings (SSSR count). The average Bonchev–Trinajstić information content (AvgIpc) is 3.27. The molecule has 0 bridgehead atoms. The van der Waals surface area contributed by atoms with Crippen LogP contribution in [0.1, 0.15) is 13.3 Å². The van der Waals surface area contributed by atoms with E-state index in [0.717, 1.165) is 19.5 Å². The van der Waals surface area contributed by atoms with Gasteiger partial charge in [0.25, 0.3) is 0 Å². The van der Waals surface area contributed by atoms with E-state index in [1.165, 1.54) is 24.0 Å². The molecule has 0 unspecified atom stereocenters. The van der Waals surface area contributed by atoms with Gasteiger partial charge >= 0.3 is 6.09 Å². The number of nitrogens with one attached hydrogen (secondary N) is 2. The van der Waals surface area contributed by atoms with Crippen LogP contribution in [0.5, 0.6) is 5.75 Å². The quantitative estimate of drug-likeness (QED) is 0.655. The lowest BCUT2D eigenvalue weighted by atomic mass is 10.2. The highest BCUT2D eigenvalue weighted by Gasteiger charge is 2.32. The Hall–Kier alpha value is -2.39. The molecule has 2 amide bonds. The fourth-order valence-corrected chi connectivity index (χ4v) is 3.01. The smallest absolute Gasteiger partial charge is 0.414 e. The minimum absolute atomic E-state index is 0.106. The van der Waals surface area contributed by atoms with Crippen LogP contribution in [-0.4, -0.2) is 63.6 Å². The number of amides is 2. The highest BCUT2D eigenvalue weighted by atomic mass is 19.1. The molecule has 2 saturated heterocycles. The van der Waals surface area contributed by atoms with E-state index in [9.17, 15) is 14.0 Å². The van der Waals surface area contributed by atoms with Gasteiger partial charge in [-0.15, -0.1) is 0 Å². The van der Waals surface area contributed by atoms with Crippen LogP contribution in [0.4, 0.5) is 14.9 Å². The van der Waals surface area contributed by atoms with E-state index in [1.807, 2.05) is 0 Å². The first-order chi connectivity index (χ1) is 13.0. The molecule has 2 aliphatic heterocycles. The Morgan fingerprint density at radius 3 is 3.00 bits per heavy atom. The van der Waals surface area contributed by atoms with Gasteiger partial charge in [0, 0.05) is 19.5 Å². The first kappa shape index (κ1) is 19.4. The first-order valence-corrected chi connectivity index (χ1v) is 9.00. The molecule has 0 saturated carbocycles. The number of ether oxygens (including phenoxy) is 3. The highest BCUT2D eigenvalue weighted by molar-refractivity contribution is 5.89. The van der Waals surface area contributed by atoms with Crippen LogP contribution in [0.25, 0.3) is 0 Å². The van der Waals surface area contributed by atoms with Crippen molar-refractivity contribution in [2.75, 3.05) is 44.3 Å². The van der Waals surface area contributed by atoms with Gasteiger partial charge in [-0.05, 0) is 25.1 Å². The number of hydrogen-bond acceptors (Lipinski definition) is 6. The zero-order chi connectivity index (χ0) is 19.2. The summed E-state index contributed by atoms with van der Waals surface area (Å²) in [5.41, 5.74) is 0.378. The molecule has 0 spiro atoms. The topological polar surface area (TPSA) is 89.1 Å². The summed E-state index contributed by atoms with van der Waals surface area (Å²) >= 11 is 0. The SMILES string of the molecule is CC(=O)NC[C@H]1CN(c2ccc(OCCO[C@H]3CCNC3)c(F)c2)C(=O)O1. The molecule has 0 radical (unpaired) electrons. The maximum absolute atomic E-state index is 14.3. The van der Waals surface area contributed by atoms with Crippen molar-refractivity contribution in [2.24, 2.45) is 0 Å². The van der Waals surface area contributed by atoms with Crippen molar-refractivity contribution in [2.45, 2.75) is 25.6 Å². The molecular formula is C18H24FN3O5. The first-order valence-electron chi connectivity index (χ1n) is 9.00. The maximum atomic E-state index is 14.3. The lowest BCUT2D eigenvalue weighted by Gasteiger charge is -2.15. The van der Waals surface area contributed by atoms with Crippen molar-refractivity contribution in [3.05, 3.63) is 24.0 Å². The van der Waals surface area contributed by atoms with Gasteiger partial charge in [-0.1, -0.05) is 0 Å². The molecule has 8 nitrogen and oxygen atoms in total. The minimum atomic E-state index is -0.572. The molecule has 0 aliphatic carbocycles. The number of hydrogen-bond donors (Lipinski definition) is 2. The standard InChI is InChI=1S/C18H24FN3O5/c1-12(23)21-10-15-11-22(18(24)27-15)13-2-3-17(16(19)8-13)26-7-6-25-14-4-5-20-9-14/h2-3,8,14-15,20H,4-7,9-11H2,1H3,(H,21,23)/t14-,15-/m0/s1. The van der Waals surface area contributed by atoms with E-state index in [2.05, 4.69) is 10.6 Å². The third-order valence-electron chi connectivity index (χ3n) is 4.39. The van der Waals surface area contributed by atoms with Crippen LogP contribution in [-0.2, 0) is 14.3 Å². The van der Waals surface area contributed by atoms with Crippen molar-refractivity contribution in [3.63, 3.8) is 0 Å². The van der Waals surface area contributed by atoms with Crippen LogP contribution in [0.2, 0.25) is 0 Å². The molecule has 9 heteroatoms. The summed E-state index contributed by atoms with van der Waals surface area (Å²) in [6.45, 7) is 4.26. The number of rotatable bonds is 8. The summed E-state index contributed by atoms with van der Waals surface area (Å²) in [7, 11) is 0. The number of halogens is 1. The predicted octanol–water partition coefficient (Wildman–Crippen LogP) is 1.04. The van der Waals surface area contributed by atoms with Crippen LogP contribution < -0.4 is 20.3 Å². The van der Waals surface area contributed by atoms with Crippen molar-refractivity contribution < 1.29 is 28.2 Å². The van der Waals surface area contributed by atoms with Crippen molar-refractivity contribution in [1.29, 1.82) is 0 Å². The largest absolute Gasteiger partial charge is 0.488 e. The summed E-state index contributed by atoms with van der Waals surface area (Å²) < 4.78 is 30.5. The molecule has 2 N–H and O–H groups in total. The lowest BCUT2D eigenvalue weighted by Crippen LogP contribution is -2.33. The van der Waals surface area contributed by atoms with Crippen LogP contribution in [0.3, 0.4) is 0 Å². The van der Waals surface area contributed by atoms with Crippen LogP contribution >= 0.6 is 0 Å². The fraction of sp³-hybridized carbons (Fsp3) is 0.556. The second kappa shape index (κ2) is 9.01. The average molecular weight is 381 g/mol. The molecular weight excluding hydrogens is 357 g/mol. The van der Waals surface area contributed by atoms with E-state index < -0.39 is 18.0 Å². The summed E-state index contributed by atoms with van der Waals surface area (Å²) in [5.74, 6) is -0.660. The summed E-state index contributed by atoms with van der Waals surface area (Å²) in [4.78, 5) is 24.3. The summed E-state index contributed by atoms with van der Waals surface area (Å²) in [5, 5.41) is 5.80. The van der Waals surface area contributed by atoms with E-state index >= 15 is 0 Å². The Kier molecular flexibility index (Phi) is 6.46. The Labute approximate surface area is 156 Å². The van der Waals surface area contributed by atoms with Crippen molar-refractivity contribution >= 4 is 17.7 Å². The normalized spacial score (nSPS) is 22.0. The van der Waals surface area contributed by atoms with E-state index in [-0.39, 0.29) is 37.5 Å². The van der Waals surface area contributed by atoms with Crippen molar-refractivity contribution in [1.82, 2.24) is 10.6 Å². The number of carbonyl (C=O) groups is 2. The number of nitrogens with zero attached hydrogens (tertiary/aromatic N) is 1. The minimum Gasteiger partial charge on any atom is -0.488 e. The molecule has 1 aromatic rings. The Bertz CT molecular complexity index is 681.